The van der Waals surface area contributed by atoms with E-state index in [2.05, 4.69) is 10.0 Å². The van der Waals surface area contributed by atoms with Crippen LogP contribution in [0.1, 0.15) is 5.56 Å². The highest BCUT2D eigenvalue weighted by atomic mass is 32.2. The molecular formula is C15H9F4N3OS. The molecule has 1 aliphatic heterocycles. The first-order chi connectivity index (χ1) is 11.4. The monoisotopic (exact) mass is 355 g/mol. The Balaban J connectivity index is 2.11. The summed E-state index contributed by atoms with van der Waals surface area (Å²) in [7, 11) is 0. The first-order valence-corrected chi connectivity index (χ1v) is 7.62. The molecule has 9 heteroatoms. The summed E-state index contributed by atoms with van der Waals surface area (Å²) in [5, 5.41) is 3.38. The second kappa shape index (κ2) is 6.26. The van der Waals surface area contributed by atoms with Crippen molar-refractivity contribution in [2.24, 2.45) is 5.11 Å². The van der Waals surface area contributed by atoms with E-state index in [0.717, 1.165) is 23.9 Å². The molecule has 0 amide bonds. The largest absolute Gasteiger partial charge is 0.477 e. The van der Waals surface area contributed by atoms with Gasteiger partial charge in [0.05, 0.1) is 17.0 Å². The van der Waals surface area contributed by atoms with Gasteiger partial charge in [-0.05, 0) is 29.3 Å². The van der Waals surface area contributed by atoms with Crippen molar-refractivity contribution in [3.63, 3.8) is 0 Å². The Kier molecular flexibility index (Phi) is 4.29. The van der Waals surface area contributed by atoms with Crippen molar-refractivity contribution in [1.82, 2.24) is 0 Å². The summed E-state index contributed by atoms with van der Waals surface area (Å²) in [4.78, 5) is 2.99. The van der Waals surface area contributed by atoms with E-state index in [1.165, 1.54) is 24.3 Å². The zero-order chi connectivity index (χ0) is 17.3. The lowest BCUT2D eigenvalue weighted by Crippen LogP contribution is -2.11. The number of hydrogen-bond acceptors (Lipinski definition) is 3. The first kappa shape index (κ1) is 16.5. The van der Waals surface area contributed by atoms with E-state index in [0.29, 0.717) is 4.90 Å². The molecule has 0 radical (unpaired) electrons. The van der Waals surface area contributed by atoms with Gasteiger partial charge in [-0.25, -0.2) is 4.39 Å². The minimum Gasteiger partial charge on any atom is -0.477 e. The van der Waals surface area contributed by atoms with Crippen molar-refractivity contribution < 1.29 is 22.3 Å². The Morgan fingerprint density at radius 2 is 1.96 bits per heavy atom. The molecule has 0 aromatic heterocycles. The van der Waals surface area contributed by atoms with Crippen LogP contribution in [-0.4, -0.2) is 12.0 Å². The molecule has 1 atom stereocenters. The second-order valence-corrected chi connectivity index (χ2v) is 6.10. The van der Waals surface area contributed by atoms with Crippen LogP contribution < -0.4 is 4.74 Å². The highest BCUT2D eigenvalue weighted by Crippen LogP contribution is 2.49. The molecule has 0 N–H and O–H groups in total. The average molecular weight is 355 g/mol. The summed E-state index contributed by atoms with van der Waals surface area (Å²) in [6.07, 6.45) is -4.58. The van der Waals surface area contributed by atoms with Gasteiger partial charge >= 0.3 is 6.18 Å². The van der Waals surface area contributed by atoms with Gasteiger partial charge < -0.3 is 4.74 Å². The van der Waals surface area contributed by atoms with Gasteiger partial charge in [0.15, 0.2) is 5.44 Å². The third-order valence-corrected chi connectivity index (χ3v) is 4.41. The third-order valence-electron chi connectivity index (χ3n) is 3.34. The Labute approximate surface area is 138 Å². The molecule has 0 aliphatic carbocycles. The average Bonchev–Trinajstić information content (AvgIpc) is 2.94. The number of fused-ring (bicyclic) bond motifs is 1. The number of benzene rings is 2. The Hall–Kier alpha value is -2.38. The standard InChI is InChI=1S/C15H9F4N3OS/c16-8-5-10(9-3-1-2-4-11(9)15(17,18)19)14-12(6-8)24-13(23-14)7-21-22-20/h1-6,13H,7H2. The molecule has 0 bridgehead atoms. The maximum absolute atomic E-state index is 13.9. The highest BCUT2D eigenvalue weighted by molar-refractivity contribution is 8.00. The molecule has 0 saturated heterocycles. The Morgan fingerprint density at radius 3 is 2.67 bits per heavy atom. The molecule has 4 nitrogen and oxygen atoms in total. The number of rotatable bonds is 3. The fourth-order valence-corrected chi connectivity index (χ4v) is 3.43. The van der Waals surface area contributed by atoms with E-state index in [1.807, 2.05) is 0 Å². The van der Waals surface area contributed by atoms with Crippen molar-refractivity contribution in [3.8, 4) is 16.9 Å². The van der Waals surface area contributed by atoms with Crippen molar-refractivity contribution in [3.05, 3.63) is 58.2 Å². The van der Waals surface area contributed by atoms with E-state index < -0.39 is 23.0 Å². The minimum absolute atomic E-state index is 0.0160. The van der Waals surface area contributed by atoms with Crippen LogP contribution in [-0.2, 0) is 6.18 Å². The number of nitrogens with zero attached hydrogens (tertiary/aromatic N) is 3. The number of alkyl halides is 3. The predicted octanol–water partition coefficient (Wildman–Crippen LogP) is 5.63. The number of thioether (sulfide) groups is 1. The van der Waals surface area contributed by atoms with Gasteiger partial charge in [0.25, 0.3) is 0 Å². The molecule has 3 rings (SSSR count). The smallest absolute Gasteiger partial charge is 0.417 e. The van der Waals surface area contributed by atoms with Gasteiger partial charge in [0.2, 0.25) is 0 Å². The number of hydrogen-bond donors (Lipinski definition) is 0. The molecule has 24 heavy (non-hydrogen) atoms. The lowest BCUT2D eigenvalue weighted by Gasteiger charge is -2.15. The van der Waals surface area contributed by atoms with Crippen LogP contribution in [0.15, 0.2) is 46.4 Å². The summed E-state index contributed by atoms with van der Waals surface area (Å²) in [5.41, 5.74) is 6.74. The van der Waals surface area contributed by atoms with E-state index >= 15 is 0 Å². The first-order valence-electron chi connectivity index (χ1n) is 6.74. The molecule has 0 spiro atoms. The van der Waals surface area contributed by atoms with Crippen LogP contribution in [0.3, 0.4) is 0 Å². The summed E-state index contributed by atoms with van der Waals surface area (Å²) in [6, 6.07) is 7.13. The number of halogens is 4. The van der Waals surface area contributed by atoms with Crippen LogP contribution in [0, 0.1) is 5.82 Å². The Morgan fingerprint density at radius 1 is 1.21 bits per heavy atom. The molecule has 0 fully saturated rings. The van der Waals surface area contributed by atoms with Gasteiger partial charge in [-0.3, -0.25) is 0 Å². The van der Waals surface area contributed by atoms with Gasteiger partial charge in [-0.2, -0.15) is 13.2 Å². The van der Waals surface area contributed by atoms with Crippen molar-refractivity contribution >= 4 is 11.8 Å². The summed E-state index contributed by atoms with van der Waals surface area (Å²) in [5.74, 6) is -0.502. The minimum atomic E-state index is -4.58. The Bertz CT molecular complexity index is 834. The maximum Gasteiger partial charge on any atom is 0.417 e. The molecule has 1 aliphatic rings. The van der Waals surface area contributed by atoms with E-state index in [1.54, 1.807) is 0 Å². The summed E-state index contributed by atoms with van der Waals surface area (Å²) >= 11 is 1.10. The van der Waals surface area contributed by atoms with Crippen LogP contribution >= 0.6 is 11.8 Å². The normalized spacial score (nSPS) is 16.2. The maximum atomic E-state index is 13.9. The SMILES string of the molecule is [N-]=[N+]=NCC1Oc2c(cc(F)cc2-c2ccccc2C(F)(F)F)S1. The van der Waals surface area contributed by atoms with Crippen LogP contribution in [0.25, 0.3) is 21.6 Å². The van der Waals surface area contributed by atoms with Crippen molar-refractivity contribution in [2.75, 3.05) is 6.54 Å². The van der Waals surface area contributed by atoms with Crippen LogP contribution in [0.2, 0.25) is 0 Å². The molecular weight excluding hydrogens is 346 g/mol. The molecule has 1 heterocycles. The topological polar surface area (TPSA) is 58.0 Å². The van der Waals surface area contributed by atoms with Crippen molar-refractivity contribution in [1.29, 1.82) is 0 Å². The molecule has 124 valence electrons. The fourth-order valence-electron chi connectivity index (χ4n) is 2.42. The molecule has 2 aromatic carbocycles. The third kappa shape index (κ3) is 3.13. The second-order valence-electron chi connectivity index (χ2n) is 4.90. The van der Waals surface area contributed by atoms with Gasteiger partial charge in [0.1, 0.15) is 11.6 Å². The highest BCUT2D eigenvalue weighted by Gasteiger charge is 2.35. The van der Waals surface area contributed by atoms with Gasteiger partial charge in [-0.1, -0.05) is 35.1 Å². The zero-order valence-electron chi connectivity index (χ0n) is 11.9. The van der Waals surface area contributed by atoms with E-state index in [4.69, 9.17) is 10.3 Å². The van der Waals surface area contributed by atoms with Gasteiger partial charge in [-0.15, -0.1) is 0 Å². The quantitative estimate of drug-likeness (QED) is 0.310. The van der Waals surface area contributed by atoms with Crippen LogP contribution in [0.4, 0.5) is 17.6 Å². The fraction of sp³-hybridized carbons (Fsp3) is 0.200. The predicted molar refractivity (Wildman–Crippen MR) is 81.1 cm³/mol. The lowest BCUT2D eigenvalue weighted by molar-refractivity contribution is -0.137. The molecule has 0 saturated carbocycles. The van der Waals surface area contributed by atoms with E-state index in [9.17, 15) is 17.6 Å². The summed E-state index contributed by atoms with van der Waals surface area (Å²) < 4.78 is 59.2. The molecule has 2 aromatic rings. The van der Waals surface area contributed by atoms with Crippen LogP contribution in [0.5, 0.6) is 5.75 Å². The lowest BCUT2D eigenvalue weighted by atomic mass is 9.98. The number of azide groups is 1. The zero-order valence-corrected chi connectivity index (χ0v) is 12.7. The van der Waals surface area contributed by atoms with Crippen molar-refractivity contribution in [2.45, 2.75) is 16.5 Å². The summed E-state index contributed by atoms with van der Waals surface area (Å²) in [6.45, 7) is -0.0160. The molecule has 1 unspecified atom stereocenters. The number of ether oxygens (including phenoxy) is 1. The van der Waals surface area contributed by atoms with E-state index in [-0.39, 0.29) is 23.4 Å². The van der Waals surface area contributed by atoms with Gasteiger partial charge in [0, 0.05) is 10.5 Å².